The van der Waals surface area contributed by atoms with Gasteiger partial charge in [-0.05, 0) is 44.6 Å². The van der Waals surface area contributed by atoms with E-state index in [1.165, 1.54) is 5.56 Å². The van der Waals surface area contributed by atoms with Crippen LogP contribution < -0.4 is 10.6 Å². The van der Waals surface area contributed by atoms with Crippen molar-refractivity contribution in [1.82, 2.24) is 15.5 Å². The highest BCUT2D eigenvalue weighted by atomic mass is 16.2. The summed E-state index contributed by atoms with van der Waals surface area (Å²) in [6, 6.07) is 10.8. The zero-order valence-corrected chi connectivity index (χ0v) is 16.9. The SMILES string of the molecule is CCC1CN(C(=NC)NCC(=O)NC(C)(C)C)CCC1c1ccccc1. The molecule has 0 saturated carbocycles. The van der Waals surface area contributed by atoms with Gasteiger partial charge in [-0.15, -0.1) is 0 Å². The monoisotopic (exact) mass is 358 g/mol. The Kier molecular flexibility index (Phi) is 7.06. The van der Waals surface area contributed by atoms with Crippen LogP contribution in [0.2, 0.25) is 0 Å². The second-order valence-electron chi connectivity index (χ2n) is 8.12. The van der Waals surface area contributed by atoms with E-state index in [1.807, 2.05) is 20.8 Å². The first kappa shape index (κ1) is 20.3. The second-order valence-corrected chi connectivity index (χ2v) is 8.12. The van der Waals surface area contributed by atoms with Gasteiger partial charge in [0.2, 0.25) is 5.91 Å². The summed E-state index contributed by atoms with van der Waals surface area (Å²) in [7, 11) is 1.79. The fourth-order valence-corrected chi connectivity index (χ4v) is 3.73. The quantitative estimate of drug-likeness (QED) is 0.643. The minimum Gasteiger partial charge on any atom is -0.350 e. The number of benzene rings is 1. The van der Waals surface area contributed by atoms with Gasteiger partial charge in [0, 0.05) is 25.7 Å². The molecule has 1 aromatic rings. The number of guanidine groups is 1. The molecular formula is C21H34N4O. The Morgan fingerprint density at radius 2 is 1.96 bits per heavy atom. The number of amides is 1. The van der Waals surface area contributed by atoms with Crippen molar-refractivity contribution >= 4 is 11.9 Å². The van der Waals surface area contributed by atoms with E-state index in [4.69, 9.17) is 0 Å². The molecule has 1 aliphatic rings. The van der Waals surface area contributed by atoms with E-state index < -0.39 is 0 Å². The van der Waals surface area contributed by atoms with E-state index in [-0.39, 0.29) is 18.0 Å². The van der Waals surface area contributed by atoms with Gasteiger partial charge in [-0.1, -0.05) is 43.7 Å². The molecule has 0 aromatic heterocycles. The molecule has 2 unspecified atom stereocenters. The highest BCUT2D eigenvalue weighted by Crippen LogP contribution is 2.34. The Morgan fingerprint density at radius 3 is 2.54 bits per heavy atom. The van der Waals surface area contributed by atoms with Crippen molar-refractivity contribution in [3.63, 3.8) is 0 Å². The number of nitrogens with zero attached hydrogens (tertiary/aromatic N) is 2. The van der Waals surface area contributed by atoms with Gasteiger partial charge in [0.25, 0.3) is 0 Å². The van der Waals surface area contributed by atoms with E-state index in [1.54, 1.807) is 7.05 Å². The average molecular weight is 359 g/mol. The van der Waals surface area contributed by atoms with Crippen molar-refractivity contribution < 1.29 is 4.79 Å². The number of likely N-dealkylation sites (tertiary alicyclic amines) is 1. The van der Waals surface area contributed by atoms with Crippen molar-refractivity contribution in [2.75, 3.05) is 26.7 Å². The van der Waals surface area contributed by atoms with Crippen molar-refractivity contribution in [2.45, 2.75) is 52.0 Å². The number of carbonyl (C=O) groups is 1. The number of hydrogen-bond acceptors (Lipinski definition) is 2. The van der Waals surface area contributed by atoms with Gasteiger partial charge >= 0.3 is 0 Å². The standard InChI is InChI=1S/C21H34N4O/c1-6-16-15-25(13-12-18(16)17-10-8-7-9-11-17)20(22-5)23-14-19(26)24-21(2,3)4/h7-11,16,18H,6,12-15H2,1-5H3,(H,22,23)(H,24,26). The van der Waals surface area contributed by atoms with Crippen molar-refractivity contribution in [3.05, 3.63) is 35.9 Å². The maximum absolute atomic E-state index is 12.1. The molecule has 1 aliphatic heterocycles. The normalized spacial score (nSPS) is 21.4. The number of aliphatic imine (C=N–C) groups is 1. The van der Waals surface area contributed by atoms with Crippen LogP contribution >= 0.6 is 0 Å². The highest BCUT2D eigenvalue weighted by Gasteiger charge is 2.30. The van der Waals surface area contributed by atoms with Gasteiger partial charge in [-0.2, -0.15) is 0 Å². The molecule has 0 spiro atoms. The lowest BCUT2D eigenvalue weighted by Crippen LogP contribution is -2.52. The number of rotatable bonds is 4. The molecule has 0 aliphatic carbocycles. The molecule has 2 rings (SSSR count). The van der Waals surface area contributed by atoms with Crippen LogP contribution in [0.5, 0.6) is 0 Å². The minimum atomic E-state index is -0.219. The van der Waals surface area contributed by atoms with E-state index in [0.29, 0.717) is 11.8 Å². The summed E-state index contributed by atoms with van der Waals surface area (Å²) in [5.74, 6) is 2.00. The van der Waals surface area contributed by atoms with E-state index in [0.717, 1.165) is 31.9 Å². The first-order chi connectivity index (χ1) is 12.3. The molecule has 5 nitrogen and oxygen atoms in total. The van der Waals surface area contributed by atoms with Gasteiger partial charge in [0.05, 0.1) is 6.54 Å². The van der Waals surface area contributed by atoms with Crippen LogP contribution in [-0.2, 0) is 4.79 Å². The molecule has 2 atom stereocenters. The molecule has 2 N–H and O–H groups in total. The van der Waals surface area contributed by atoms with Crippen LogP contribution in [-0.4, -0.2) is 49.0 Å². The molecule has 26 heavy (non-hydrogen) atoms. The average Bonchev–Trinajstić information content (AvgIpc) is 2.61. The summed E-state index contributed by atoms with van der Waals surface area (Å²) in [5, 5.41) is 6.20. The van der Waals surface area contributed by atoms with Crippen molar-refractivity contribution in [3.8, 4) is 0 Å². The number of piperidine rings is 1. The third-order valence-electron chi connectivity index (χ3n) is 4.92. The topological polar surface area (TPSA) is 56.7 Å². The zero-order valence-electron chi connectivity index (χ0n) is 16.9. The first-order valence-corrected chi connectivity index (χ1v) is 9.65. The van der Waals surface area contributed by atoms with E-state index >= 15 is 0 Å². The van der Waals surface area contributed by atoms with Gasteiger partial charge in [-0.25, -0.2) is 0 Å². The van der Waals surface area contributed by atoms with Crippen LogP contribution in [0.3, 0.4) is 0 Å². The predicted molar refractivity (Wildman–Crippen MR) is 108 cm³/mol. The van der Waals surface area contributed by atoms with Crippen LogP contribution in [0.4, 0.5) is 0 Å². The molecule has 1 heterocycles. The third kappa shape index (κ3) is 5.75. The molecule has 5 heteroatoms. The Morgan fingerprint density at radius 1 is 1.27 bits per heavy atom. The summed E-state index contributed by atoms with van der Waals surface area (Å²) in [5.41, 5.74) is 1.22. The van der Waals surface area contributed by atoms with Gasteiger partial charge in [0.1, 0.15) is 0 Å². The predicted octanol–water partition coefficient (Wildman–Crippen LogP) is 2.99. The fraction of sp³-hybridized carbons (Fsp3) is 0.619. The van der Waals surface area contributed by atoms with E-state index in [9.17, 15) is 4.79 Å². The summed E-state index contributed by atoms with van der Waals surface area (Å²) in [4.78, 5) is 18.8. The van der Waals surface area contributed by atoms with E-state index in [2.05, 4.69) is 57.8 Å². The molecule has 144 valence electrons. The third-order valence-corrected chi connectivity index (χ3v) is 4.92. The lowest BCUT2D eigenvalue weighted by Gasteiger charge is -2.40. The Balaban J connectivity index is 1.95. The smallest absolute Gasteiger partial charge is 0.239 e. The molecule has 1 fully saturated rings. The Bertz CT molecular complexity index is 606. The summed E-state index contributed by atoms with van der Waals surface area (Å²) in [6.07, 6.45) is 2.25. The highest BCUT2D eigenvalue weighted by molar-refractivity contribution is 5.86. The summed E-state index contributed by atoms with van der Waals surface area (Å²) < 4.78 is 0. The molecular weight excluding hydrogens is 324 g/mol. The summed E-state index contributed by atoms with van der Waals surface area (Å²) in [6.45, 7) is 10.4. The molecule has 0 radical (unpaired) electrons. The lowest BCUT2D eigenvalue weighted by molar-refractivity contribution is -0.121. The van der Waals surface area contributed by atoms with Crippen LogP contribution in [0, 0.1) is 5.92 Å². The second kappa shape index (κ2) is 9.06. The number of hydrogen-bond donors (Lipinski definition) is 2. The first-order valence-electron chi connectivity index (χ1n) is 9.65. The van der Waals surface area contributed by atoms with Crippen LogP contribution in [0.1, 0.15) is 52.0 Å². The largest absolute Gasteiger partial charge is 0.350 e. The van der Waals surface area contributed by atoms with Crippen LogP contribution in [0.25, 0.3) is 0 Å². The Labute approximate surface area is 158 Å². The van der Waals surface area contributed by atoms with Gasteiger partial charge in [-0.3, -0.25) is 9.79 Å². The minimum absolute atomic E-state index is 0.00939. The molecule has 1 aromatic carbocycles. The maximum atomic E-state index is 12.1. The maximum Gasteiger partial charge on any atom is 0.239 e. The summed E-state index contributed by atoms with van der Waals surface area (Å²) >= 11 is 0. The van der Waals surface area contributed by atoms with Crippen molar-refractivity contribution in [1.29, 1.82) is 0 Å². The molecule has 1 amide bonds. The Hall–Kier alpha value is -2.04. The zero-order chi connectivity index (χ0) is 19.2. The lowest BCUT2D eigenvalue weighted by atomic mass is 9.79. The molecule has 1 saturated heterocycles. The molecule has 0 bridgehead atoms. The number of carbonyl (C=O) groups excluding carboxylic acids is 1. The van der Waals surface area contributed by atoms with Crippen LogP contribution in [0.15, 0.2) is 35.3 Å². The van der Waals surface area contributed by atoms with Gasteiger partial charge in [0.15, 0.2) is 5.96 Å². The fourth-order valence-electron chi connectivity index (χ4n) is 3.73. The van der Waals surface area contributed by atoms with Crippen molar-refractivity contribution in [2.24, 2.45) is 10.9 Å². The van der Waals surface area contributed by atoms with Gasteiger partial charge < -0.3 is 15.5 Å². The number of nitrogens with one attached hydrogen (secondary N) is 2.